The van der Waals surface area contributed by atoms with Gasteiger partial charge in [-0.15, -0.1) is 24.8 Å². The smallest absolute Gasteiger partial charge is 0.251 e. The van der Waals surface area contributed by atoms with Crippen molar-refractivity contribution in [3.63, 3.8) is 0 Å². The summed E-state index contributed by atoms with van der Waals surface area (Å²) in [7, 11) is 1.89. The second-order valence-corrected chi connectivity index (χ2v) is 7.90. The Bertz CT molecular complexity index is 1300. The first-order valence-electron chi connectivity index (χ1n) is 10.5. The fourth-order valence-electron chi connectivity index (χ4n) is 3.80. The first-order chi connectivity index (χ1) is 15.4. The molecule has 5 nitrogen and oxygen atoms in total. The van der Waals surface area contributed by atoms with E-state index in [2.05, 4.69) is 0 Å². The molecule has 0 spiro atoms. The zero-order valence-electron chi connectivity index (χ0n) is 18.7. The Kier molecular flexibility index (Phi) is 9.21. The lowest BCUT2D eigenvalue weighted by atomic mass is 9.98. The van der Waals surface area contributed by atoms with Gasteiger partial charge in [-0.2, -0.15) is 4.57 Å². The first-order valence-corrected chi connectivity index (χ1v) is 10.5. The van der Waals surface area contributed by atoms with Crippen LogP contribution >= 0.6 is 24.8 Å². The number of aryl methyl sites for hydroxylation is 1. The number of benzene rings is 3. The lowest BCUT2D eigenvalue weighted by Gasteiger charge is -2.12. The number of ketones is 1. The fraction of sp³-hybridized carbons (Fsp3) is 0.111. The highest BCUT2D eigenvalue weighted by molar-refractivity contribution is 6.00. The van der Waals surface area contributed by atoms with Crippen molar-refractivity contribution in [2.75, 3.05) is 5.73 Å². The molecule has 4 rings (SSSR count). The van der Waals surface area contributed by atoms with E-state index in [9.17, 15) is 9.90 Å². The number of Topliss-reactive ketones (excluding diaryl/α,β-unsaturated/α-hetero) is 1. The Labute approximate surface area is 211 Å². The summed E-state index contributed by atoms with van der Waals surface area (Å²) in [5.41, 5.74) is 17.2. The van der Waals surface area contributed by atoms with E-state index in [1.54, 1.807) is 24.3 Å². The number of anilines is 1. The summed E-state index contributed by atoms with van der Waals surface area (Å²) in [6.45, 7) is 0. The maximum Gasteiger partial charge on any atom is 0.251 e. The van der Waals surface area contributed by atoms with Gasteiger partial charge in [0.05, 0.1) is 11.4 Å². The van der Waals surface area contributed by atoms with Crippen LogP contribution in [-0.2, 0) is 13.5 Å². The Morgan fingerprint density at radius 1 is 0.971 bits per heavy atom. The molecule has 0 amide bonds. The van der Waals surface area contributed by atoms with Crippen molar-refractivity contribution in [3.05, 3.63) is 101 Å². The SMILES string of the molecule is C[n+]1c(C(=O)[C@@H](N)Cc2ccc(O)cc2)cc(C=Cc2ccc(N)cc2)c2ccccc21.Cl.Cl. The molecule has 176 valence electrons. The molecule has 4 aromatic rings. The topological polar surface area (TPSA) is 93.2 Å². The minimum absolute atomic E-state index is 0. The molecule has 0 fully saturated rings. The molecule has 5 N–H and O–H groups in total. The fourth-order valence-corrected chi connectivity index (χ4v) is 3.80. The molecule has 3 aromatic carbocycles. The van der Waals surface area contributed by atoms with E-state index in [-0.39, 0.29) is 36.3 Å². The molecule has 0 saturated heterocycles. The Morgan fingerprint density at radius 3 is 2.29 bits per heavy atom. The number of aromatic nitrogens is 1. The number of hydrogen-bond acceptors (Lipinski definition) is 4. The normalized spacial score (nSPS) is 11.6. The number of carbonyl (C=O) groups is 1. The van der Waals surface area contributed by atoms with Gasteiger partial charge in [0, 0.05) is 17.8 Å². The molecule has 0 aliphatic rings. The van der Waals surface area contributed by atoms with Gasteiger partial charge in [-0.3, -0.25) is 4.79 Å². The average Bonchev–Trinajstić information content (AvgIpc) is 2.81. The molecule has 34 heavy (non-hydrogen) atoms. The van der Waals surface area contributed by atoms with E-state index in [0.717, 1.165) is 33.3 Å². The van der Waals surface area contributed by atoms with Crippen LogP contribution in [0.3, 0.4) is 0 Å². The van der Waals surface area contributed by atoms with Gasteiger partial charge in [0.1, 0.15) is 12.8 Å². The maximum atomic E-state index is 13.3. The summed E-state index contributed by atoms with van der Waals surface area (Å²) in [5, 5.41) is 10.5. The summed E-state index contributed by atoms with van der Waals surface area (Å²) in [6.07, 6.45) is 4.41. The van der Waals surface area contributed by atoms with E-state index in [0.29, 0.717) is 12.1 Å². The number of phenolic OH excluding ortho intramolecular Hbond substituents is 1. The van der Waals surface area contributed by atoms with Crippen LogP contribution in [0.25, 0.3) is 23.1 Å². The molecule has 0 aliphatic heterocycles. The number of nitrogens with two attached hydrogens (primary N) is 2. The average molecular weight is 497 g/mol. The number of nitrogen functional groups attached to an aromatic ring is 1. The molecule has 7 heteroatoms. The van der Waals surface area contributed by atoms with E-state index in [4.69, 9.17) is 11.5 Å². The number of para-hydroxylation sites is 1. The third-order valence-corrected chi connectivity index (χ3v) is 5.60. The second kappa shape index (κ2) is 11.7. The number of nitrogens with zero attached hydrogens (tertiary/aromatic N) is 1. The highest BCUT2D eigenvalue weighted by Gasteiger charge is 2.26. The van der Waals surface area contributed by atoms with Gasteiger partial charge in [0.25, 0.3) is 5.69 Å². The predicted molar refractivity (Wildman–Crippen MR) is 144 cm³/mol. The molecule has 1 heterocycles. The molecule has 0 radical (unpaired) electrons. The van der Waals surface area contributed by atoms with E-state index in [1.165, 1.54) is 0 Å². The van der Waals surface area contributed by atoms with Gasteiger partial charge in [0.2, 0.25) is 11.3 Å². The van der Waals surface area contributed by atoms with Gasteiger partial charge in [0.15, 0.2) is 0 Å². The predicted octanol–water partition coefficient (Wildman–Crippen LogP) is 4.72. The number of phenols is 1. The minimum atomic E-state index is -0.694. The number of hydrogen-bond donors (Lipinski definition) is 3. The number of pyridine rings is 1. The number of rotatable bonds is 6. The van der Waals surface area contributed by atoms with Crippen molar-refractivity contribution in [2.45, 2.75) is 12.5 Å². The zero-order chi connectivity index (χ0) is 22.7. The summed E-state index contributed by atoms with van der Waals surface area (Å²) in [6, 6.07) is 23.6. The molecule has 1 aromatic heterocycles. The molecule has 0 aliphatic carbocycles. The van der Waals surface area contributed by atoms with Crippen molar-refractivity contribution in [1.29, 1.82) is 0 Å². The molecule has 0 saturated carbocycles. The van der Waals surface area contributed by atoms with Crippen molar-refractivity contribution in [1.82, 2.24) is 0 Å². The van der Waals surface area contributed by atoms with Gasteiger partial charge >= 0.3 is 0 Å². The highest BCUT2D eigenvalue weighted by atomic mass is 35.5. The number of halogens is 2. The summed E-state index contributed by atoms with van der Waals surface area (Å²) in [5.74, 6) is 0.0561. The van der Waals surface area contributed by atoms with Gasteiger partial charge in [-0.1, -0.05) is 48.6 Å². The van der Waals surface area contributed by atoms with Crippen LogP contribution in [-0.4, -0.2) is 16.9 Å². The van der Waals surface area contributed by atoms with Crippen LogP contribution < -0.4 is 16.0 Å². The quantitative estimate of drug-likeness (QED) is 0.204. The number of carbonyl (C=O) groups excluding carboxylic acids is 1. The van der Waals surface area contributed by atoms with Crippen molar-refractivity contribution in [2.24, 2.45) is 12.8 Å². The van der Waals surface area contributed by atoms with Crippen LogP contribution in [0.1, 0.15) is 27.2 Å². The number of fused-ring (bicyclic) bond motifs is 1. The largest absolute Gasteiger partial charge is 0.508 e. The lowest BCUT2D eigenvalue weighted by Crippen LogP contribution is -2.43. The Hall–Kier alpha value is -3.38. The summed E-state index contributed by atoms with van der Waals surface area (Å²) >= 11 is 0. The second-order valence-electron chi connectivity index (χ2n) is 7.90. The van der Waals surface area contributed by atoms with Crippen LogP contribution in [0.4, 0.5) is 5.69 Å². The van der Waals surface area contributed by atoms with Crippen molar-refractivity contribution in [3.8, 4) is 5.75 Å². The lowest BCUT2D eigenvalue weighted by molar-refractivity contribution is -0.647. The minimum Gasteiger partial charge on any atom is -0.508 e. The zero-order valence-corrected chi connectivity index (χ0v) is 20.4. The number of aromatic hydroxyl groups is 1. The van der Waals surface area contributed by atoms with E-state index in [1.807, 2.05) is 78.4 Å². The molecular formula is C27H28Cl2N3O2+. The highest BCUT2D eigenvalue weighted by Crippen LogP contribution is 2.21. The molecular weight excluding hydrogens is 469 g/mol. The van der Waals surface area contributed by atoms with Crippen LogP contribution in [0.5, 0.6) is 5.75 Å². The van der Waals surface area contributed by atoms with E-state index < -0.39 is 6.04 Å². The van der Waals surface area contributed by atoms with Crippen LogP contribution in [0.15, 0.2) is 78.9 Å². The van der Waals surface area contributed by atoms with Gasteiger partial charge in [-0.25, -0.2) is 0 Å². The molecule has 1 atom stereocenters. The third-order valence-electron chi connectivity index (χ3n) is 5.60. The van der Waals surface area contributed by atoms with Crippen molar-refractivity contribution >= 4 is 59.3 Å². The molecule has 0 unspecified atom stereocenters. The summed E-state index contributed by atoms with van der Waals surface area (Å²) < 4.78 is 1.90. The van der Waals surface area contributed by atoms with Crippen LogP contribution in [0, 0.1) is 0 Å². The molecule has 0 bridgehead atoms. The maximum absolute atomic E-state index is 13.3. The van der Waals surface area contributed by atoms with Gasteiger partial charge < -0.3 is 16.6 Å². The Morgan fingerprint density at radius 2 is 1.62 bits per heavy atom. The monoisotopic (exact) mass is 496 g/mol. The Balaban J connectivity index is 0.00000204. The standard InChI is InChI=1S/C27H25N3O2.2ClH/c1-30-25-5-3-2-4-23(25)20(11-6-18-7-12-21(28)13-8-18)17-26(30)27(32)24(29)16-19-9-14-22(31)15-10-19;;/h2-15,17,24,28,31H,16,29H2,1H3;2*1H/p+1/t24-;;/m0../s1. The van der Waals surface area contributed by atoms with E-state index >= 15 is 0 Å². The van der Waals surface area contributed by atoms with Gasteiger partial charge in [-0.05, 0) is 53.4 Å². The first kappa shape index (κ1) is 26.9. The van der Waals surface area contributed by atoms with Crippen molar-refractivity contribution < 1.29 is 14.5 Å². The summed E-state index contributed by atoms with van der Waals surface area (Å²) in [4.78, 5) is 13.3. The third kappa shape index (κ3) is 5.94. The van der Waals surface area contributed by atoms with Crippen LogP contribution in [0.2, 0.25) is 0 Å².